The van der Waals surface area contributed by atoms with Crippen LogP contribution in [0.25, 0.3) is 11.0 Å². The van der Waals surface area contributed by atoms with Gasteiger partial charge in [-0.3, -0.25) is 0 Å². The monoisotopic (exact) mass is 368 g/mol. The first-order valence-electron chi connectivity index (χ1n) is 9.12. The van der Waals surface area contributed by atoms with Crippen LogP contribution < -0.4 is 5.32 Å². The summed E-state index contributed by atoms with van der Waals surface area (Å²) in [5, 5.41) is 15.0. The molecule has 1 aliphatic rings. The normalized spacial score (nSPS) is 22.9. The largest absolute Gasteiger partial charge is 0.386 e. The van der Waals surface area contributed by atoms with Crippen LogP contribution in [0, 0.1) is 6.92 Å². The van der Waals surface area contributed by atoms with Gasteiger partial charge in [-0.15, -0.1) is 0 Å². The molecule has 0 spiro atoms. The van der Waals surface area contributed by atoms with E-state index in [1.165, 1.54) is 5.56 Å². The summed E-state index contributed by atoms with van der Waals surface area (Å²) in [5.41, 5.74) is 3.01. The standard InChI is InChI=1S/C20H24N4O3/c1-13-10-15-18(21-11-14-6-4-3-5-7-14)22-12-23-19(15)24(13)16-8-9-27-20(26-2)17(16)25/h3-7,10,12,16-17,20,25H,8-9,11H2,1-2H3,(H,21,22,23)/t16-,17+,20+/m0/s1. The summed E-state index contributed by atoms with van der Waals surface area (Å²) >= 11 is 0. The van der Waals surface area contributed by atoms with Crippen molar-refractivity contribution in [1.82, 2.24) is 14.5 Å². The van der Waals surface area contributed by atoms with Crippen molar-refractivity contribution in [3.05, 3.63) is 54.0 Å². The fourth-order valence-corrected chi connectivity index (χ4v) is 3.74. The number of anilines is 1. The van der Waals surface area contributed by atoms with Crippen molar-refractivity contribution in [3.8, 4) is 0 Å². The van der Waals surface area contributed by atoms with Gasteiger partial charge < -0.3 is 24.5 Å². The van der Waals surface area contributed by atoms with Crippen LogP contribution in [0.3, 0.4) is 0 Å². The molecule has 1 fully saturated rings. The number of rotatable bonds is 5. The fraction of sp³-hybridized carbons (Fsp3) is 0.400. The highest BCUT2D eigenvalue weighted by Crippen LogP contribution is 2.33. The van der Waals surface area contributed by atoms with E-state index in [4.69, 9.17) is 9.47 Å². The number of methoxy groups -OCH3 is 1. The molecule has 0 radical (unpaired) electrons. The zero-order chi connectivity index (χ0) is 18.8. The summed E-state index contributed by atoms with van der Waals surface area (Å²) < 4.78 is 12.8. The summed E-state index contributed by atoms with van der Waals surface area (Å²) in [6.45, 7) is 3.24. The summed E-state index contributed by atoms with van der Waals surface area (Å²) in [6.07, 6.45) is 0.875. The SMILES string of the molecule is CO[C@@H]1OCC[C@H](n2c(C)cc3c(NCc4ccccc4)ncnc32)[C@H]1O. The smallest absolute Gasteiger partial charge is 0.185 e. The Morgan fingerprint density at radius 3 is 2.89 bits per heavy atom. The number of benzene rings is 1. The van der Waals surface area contributed by atoms with Gasteiger partial charge in [0.2, 0.25) is 0 Å². The number of ether oxygens (including phenoxy) is 2. The van der Waals surface area contributed by atoms with E-state index in [0.717, 1.165) is 22.5 Å². The van der Waals surface area contributed by atoms with Crippen LogP contribution in [-0.2, 0) is 16.0 Å². The molecule has 3 heterocycles. The van der Waals surface area contributed by atoms with Crippen molar-refractivity contribution in [3.63, 3.8) is 0 Å². The molecule has 1 saturated heterocycles. The maximum atomic E-state index is 10.7. The maximum absolute atomic E-state index is 10.7. The molecule has 4 rings (SSSR count). The van der Waals surface area contributed by atoms with Crippen LogP contribution in [0.4, 0.5) is 5.82 Å². The van der Waals surface area contributed by atoms with Crippen molar-refractivity contribution in [2.24, 2.45) is 0 Å². The molecule has 0 aliphatic carbocycles. The maximum Gasteiger partial charge on any atom is 0.185 e. The van der Waals surface area contributed by atoms with Crippen LogP contribution in [0.1, 0.15) is 23.7 Å². The number of hydrogen-bond acceptors (Lipinski definition) is 6. The molecule has 2 N–H and O–H groups in total. The van der Waals surface area contributed by atoms with Crippen molar-refractivity contribution in [2.75, 3.05) is 19.0 Å². The van der Waals surface area contributed by atoms with Crippen LogP contribution in [0.2, 0.25) is 0 Å². The second-order valence-corrected chi connectivity index (χ2v) is 6.78. The van der Waals surface area contributed by atoms with E-state index in [2.05, 4.69) is 38.1 Å². The molecule has 3 aromatic rings. The number of aliphatic hydroxyl groups excluding tert-OH is 1. The molecule has 7 heteroatoms. The third-order valence-corrected chi connectivity index (χ3v) is 5.06. The summed E-state index contributed by atoms with van der Waals surface area (Å²) in [5.74, 6) is 0.788. The first kappa shape index (κ1) is 17.9. The Balaban J connectivity index is 1.66. The average molecular weight is 368 g/mol. The van der Waals surface area contributed by atoms with Crippen molar-refractivity contribution >= 4 is 16.9 Å². The van der Waals surface area contributed by atoms with Gasteiger partial charge in [0.25, 0.3) is 0 Å². The van der Waals surface area contributed by atoms with Gasteiger partial charge in [0.1, 0.15) is 23.9 Å². The van der Waals surface area contributed by atoms with Gasteiger partial charge in [-0.25, -0.2) is 9.97 Å². The van der Waals surface area contributed by atoms with Gasteiger partial charge >= 0.3 is 0 Å². The third kappa shape index (κ3) is 3.41. The molecule has 7 nitrogen and oxygen atoms in total. The number of hydrogen-bond donors (Lipinski definition) is 2. The fourth-order valence-electron chi connectivity index (χ4n) is 3.74. The van der Waals surface area contributed by atoms with Crippen LogP contribution in [0.15, 0.2) is 42.7 Å². The van der Waals surface area contributed by atoms with Gasteiger partial charge in [-0.2, -0.15) is 0 Å². The van der Waals surface area contributed by atoms with Crippen molar-refractivity contribution < 1.29 is 14.6 Å². The predicted octanol–water partition coefficient (Wildman–Crippen LogP) is 2.65. The Morgan fingerprint density at radius 2 is 2.11 bits per heavy atom. The number of nitrogens with one attached hydrogen (secondary N) is 1. The van der Waals surface area contributed by atoms with E-state index in [1.54, 1.807) is 13.4 Å². The summed E-state index contributed by atoms with van der Waals surface area (Å²) in [4.78, 5) is 8.92. The summed E-state index contributed by atoms with van der Waals surface area (Å²) in [7, 11) is 1.55. The first-order valence-corrected chi connectivity index (χ1v) is 9.12. The van der Waals surface area contributed by atoms with Crippen LogP contribution >= 0.6 is 0 Å². The van der Waals surface area contributed by atoms with Crippen molar-refractivity contribution in [2.45, 2.75) is 38.3 Å². The Hall–Kier alpha value is -2.48. The van der Waals surface area contributed by atoms with E-state index in [0.29, 0.717) is 19.6 Å². The highest BCUT2D eigenvalue weighted by molar-refractivity contribution is 5.88. The zero-order valence-electron chi connectivity index (χ0n) is 15.5. The molecule has 0 saturated carbocycles. The Bertz CT molecular complexity index is 912. The predicted molar refractivity (Wildman–Crippen MR) is 102 cm³/mol. The average Bonchev–Trinajstić information content (AvgIpc) is 3.04. The minimum Gasteiger partial charge on any atom is -0.386 e. The second-order valence-electron chi connectivity index (χ2n) is 6.78. The number of fused-ring (bicyclic) bond motifs is 1. The van der Waals surface area contributed by atoms with Crippen molar-refractivity contribution in [1.29, 1.82) is 0 Å². The highest BCUT2D eigenvalue weighted by atomic mass is 16.7. The topological polar surface area (TPSA) is 81.4 Å². The molecule has 3 atom stereocenters. The first-order chi connectivity index (χ1) is 13.2. The molecular formula is C20H24N4O3. The van der Waals surface area contributed by atoms with E-state index in [1.807, 2.05) is 25.1 Å². The van der Waals surface area contributed by atoms with E-state index in [-0.39, 0.29) is 6.04 Å². The molecular weight excluding hydrogens is 344 g/mol. The number of aliphatic hydroxyl groups is 1. The van der Waals surface area contributed by atoms with Gasteiger partial charge in [0.15, 0.2) is 6.29 Å². The molecule has 27 heavy (non-hydrogen) atoms. The lowest BCUT2D eigenvalue weighted by atomic mass is 10.0. The van der Waals surface area contributed by atoms with E-state index < -0.39 is 12.4 Å². The Kier molecular flexibility index (Phi) is 5.07. The summed E-state index contributed by atoms with van der Waals surface area (Å²) in [6, 6.07) is 12.1. The molecule has 0 unspecified atom stereocenters. The highest BCUT2D eigenvalue weighted by Gasteiger charge is 2.35. The van der Waals surface area contributed by atoms with Crippen LogP contribution in [-0.4, -0.2) is 45.8 Å². The van der Waals surface area contributed by atoms with Gasteiger partial charge in [0, 0.05) is 19.3 Å². The lowest BCUT2D eigenvalue weighted by Crippen LogP contribution is -2.43. The lowest BCUT2D eigenvalue weighted by Gasteiger charge is -2.35. The minimum atomic E-state index is -0.756. The molecule has 0 bridgehead atoms. The van der Waals surface area contributed by atoms with Crippen LogP contribution in [0.5, 0.6) is 0 Å². The lowest BCUT2D eigenvalue weighted by molar-refractivity contribution is -0.215. The molecule has 0 amide bonds. The van der Waals surface area contributed by atoms with Gasteiger partial charge in [-0.1, -0.05) is 30.3 Å². The molecule has 1 aromatic carbocycles. The quantitative estimate of drug-likeness (QED) is 0.721. The number of aryl methyl sites for hydroxylation is 1. The minimum absolute atomic E-state index is 0.155. The second kappa shape index (κ2) is 7.64. The third-order valence-electron chi connectivity index (χ3n) is 5.06. The van der Waals surface area contributed by atoms with Gasteiger partial charge in [-0.05, 0) is 25.0 Å². The zero-order valence-corrected chi connectivity index (χ0v) is 15.5. The number of nitrogens with zero attached hydrogens (tertiary/aromatic N) is 3. The van der Waals surface area contributed by atoms with Gasteiger partial charge in [0.05, 0.1) is 18.0 Å². The van der Waals surface area contributed by atoms with E-state index in [9.17, 15) is 5.11 Å². The molecule has 1 aliphatic heterocycles. The Labute approximate surface area is 158 Å². The molecule has 142 valence electrons. The molecule has 2 aromatic heterocycles. The Morgan fingerprint density at radius 1 is 1.30 bits per heavy atom. The van der Waals surface area contributed by atoms with E-state index >= 15 is 0 Å². The number of aromatic nitrogens is 3.